The number of carbonyl (C=O) groups is 1. The molecule has 3 nitrogen and oxygen atoms in total. The van der Waals surface area contributed by atoms with E-state index in [2.05, 4.69) is 41.8 Å². The first-order chi connectivity index (χ1) is 13.6. The summed E-state index contributed by atoms with van der Waals surface area (Å²) in [6, 6.07) is 15.5. The third kappa shape index (κ3) is 5.03. The maximum absolute atomic E-state index is 13.7. The Kier molecular flexibility index (Phi) is 6.90. The molecule has 146 valence electrons. The molecule has 0 aliphatic rings. The maximum atomic E-state index is 13.7. The normalized spacial score (nSPS) is 12.0. The molecule has 2 aromatic carbocycles. The van der Waals surface area contributed by atoms with Gasteiger partial charge in [-0.2, -0.15) is 0 Å². The molecule has 0 saturated carbocycles. The van der Waals surface area contributed by atoms with Crippen molar-refractivity contribution in [2.75, 3.05) is 11.9 Å². The quantitative estimate of drug-likeness (QED) is 0.539. The minimum absolute atomic E-state index is 0.0763. The Morgan fingerprint density at radius 3 is 2.36 bits per heavy atom. The number of aryl methyl sites for hydroxylation is 1. The molecule has 0 aliphatic carbocycles. The lowest BCUT2D eigenvalue weighted by atomic mass is 10.0. The van der Waals surface area contributed by atoms with Crippen LogP contribution in [0.15, 0.2) is 60.0 Å². The molecular formula is C22H22F2N2OS. The number of benzene rings is 2. The molecule has 28 heavy (non-hydrogen) atoms. The van der Waals surface area contributed by atoms with E-state index in [1.807, 2.05) is 17.5 Å². The van der Waals surface area contributed by atoms with E-state index in [4.69, 9.17) is 0 Å². The van der Waals surface area contributed by atoms with Gasteiger partial charge in [-0.25, -0.2) is 8.78 Å². The summed E-state index contributed by atoms with van der Waals surface area (Å²) in [5, 5.41) is 7.49. The van der Waals surface area contributed by atoms with Gasteiger partial charge in [0, 0.05) is 4.88 Å². The lowest BCUT2D eigenvalue weighted by molar-refractivity contribution is -0.115. The second-order valence-electron chi connectivity index (χ2n) is 6.47. The average molecular weight is 400 g/mol. The van der Waals surface area contributed by atoms with Crippen molar-refractivity contribution >= 4 is 22.9 Å². The number of para-hydroxylation sites is 1. The highest BCUT2D eigenvalue weighted by atomic mass is 32.1. The summed E-state index contributed by atoms with van der Waals surface area (Å²) in [6.45, 7) is 2.06. The predicted octanol–water partition coefficient (Wildman–Crippen LogP) is 5.30. The Labute approximate surface area is 167 Å². The fraction of sp³-hybridized carbons (Fsp3) is 0.227. The molecule has 0 bridgehead atoms. The zero-order chi connectivity index (χ0) is 19.9. The Bertz CT molecular complexity index is 891. The minimum Gasteiger partial charge on any atom is -0.320 e. The van der Waals surface area contributed by atoms with E-state index in [1.165, 1.54) is 11.6 Å². The van der Waals surface area contributed by atoms with Gasteiger partial charge in [0.1, 0.15) is 17.3 Å². The molecule has 3 rings (SSSR count). The van der Waals surface area contributed by atoms with Crippen molar-refractivity contribution in [1.29, 1.82) is 0 Å². The van der Waals surface area contributed by atoms with Gasteiger partial charge in [0.05, 0.1) is 12.6 Å². The summed E-state index contributed by atoms with van der Waals surface area (Å²) in [7, 11) is 0. The number of amides is 1. The number of hydrogen-bond acceptors (Lipinski definition) is 3. The Morgan fingerprint density at radius 1 is 1.04 bits per heavy atom. The molecule has 3 aromatic rings. The molecule has 0 aliphatic heterocycles. The van der Waals surface area contributed by atoms with Gasteiger partial charge in [-0.15, -0.1) is 11.3 Å². The van der Waals surface area contributed by atoms with Crippen LogP contribution in [0.3, 0.4) is 0 Å². The Morgan fingerprint density at radius 2 is 1.75 bits per heavy atom. The first-order valence-electron chi connectivity index (χ1n) is 9.18. The van der Waals surface area contributed by atoms with Crippen molar-refractivity contribution in [1.82, 2.24) is 5.32 Å². The van der Waals surface area contributed by atoms with Crippen molar-refractivity contribution in [3.63, 3.8) is 0 Å². The zero-order valence-corrected chi connectivity index (χ0v) is 16.4. The number of carbonyl (C=O) groups excluding carboxylic acids is 1. The van der Waals surface area contributed by atoms with Crippen molar-refractivity contribution < 1.29 is 13.6 Å². The van der Waals surface area contributed by atoms with Gasteiger partial charge in [-0.05, 0) is 41.1 Å². The average Bonchev–Trinajstić information content (AvgIpc) is 3.21. The van der Waals surface area contributed by atoms with E-state index >= 15 is 0 Å². The molecule has 0 saturated heterocycles. The van der Waals surface area contributed by atoms with E-state index in [0.29, 0.717) is 0 Å². The lowest BCUT2D eigenvalue weighted by Crippen LogP contribution is -2.32. The van der Waals surface area contributed by atoms with E-state index in [0.717, 1.165) is 35.4 Å². The highest BCUT2D eigenvalue weighted by molar-refractivity contribution is 7.10. The van der Waals surface area contributed by atoms with E-state index < -0.39 is 23.2 Å². The third-order valence-electron chi connectivity index (χ3n) is 4.37. The first kappa shape index (κ1) is 20.2. The van der Waals surface area contributed by atoms with E-state index in [-0.39, 0.29) is 12.6 Å². The SMILES string of the molecule is CCCc1ccc([C@@H](NCC(=O)Nc2c(F)cccc2F)c2cccs2)cc1. The topological polar surface area (TPSA) is 41.1 Å². The van der Waals surface area contributed by atoms with Crippen LogP contribution in [-0.2, 0) is 11.2 Å². The van der Waals surface area contributed by atoms with Crippen LogP contribution in [0.5, 0.6) is 0 Å². The summed E-state index contributed by atoms with van der Waals surface area (Å²) >= 11 is 1.59. The van der Waals surface area contributed by atoms with Crippen LogP contribution in [0.25, 0.3) is 0 Å². The standard InChI is InChI=1S/C22H22F2N2OS/c1-2-5-15-9-11-16(12-10-15)21(19-8-4-13-28-19)25-14-20(27)26-22-17(23)6-3-7-18(22)24/h3-4,6-13,21,25H,2,5,14H2,1H3,(H,26,27)/t21-/m1/s1. The smallest absolute Gasteiger partial charge is 0.238 e. The van der Waals surface area contributed by atoms with Crippen LogP contribution in [0.2, 0.25) is 0 Å². The fourth-order valence-electron chi connectivity index (χ4n) is 3.00. The summed E-state index contributed by atoms with van der Waals surface area (Å²) in [5.74, 6) is -2.10. The predicted molar refractivity (Wildman–Crippen MR) is 110 cm³/mol. The molecule has 1 heterocycles. The molecule has 0 radical (unpaired) electrons. The van der Waals surface area contributed by atoms with E-state index in [1.54, 1.807) is 11.3 Å². The highest BCUT2D eigenvalue weighted by Gasteiger charge is 2.17. The monoisotopic (exact) mass is 400 g/mol. The number of hydrogen-bond donors (Lipinski definition) is 2. The van der Waals surface area contributed by atoms with Crippen LogP contribution in [-0.4, -0.2) is 12.5 Å². The van der Waals surface area contributed by atoms with Gasteiger partial charge < -0.3 is 5.32 Å². The molecular weight excluding hydrogens is 378 g/mol. The van der Waals surface area contributed by atoms with E-state index in [9.17, 15) is 13.6 Å². The minimum atomic E-state index is -0.797. The van der Waals surface area contributed by atoms with Crippen molar-refractivity contribution in [3.8, 4) is 0 Å². The zero-order valence-electron chi connectivity index (χ0n) is 15.5. The molecule has 0 unspecified atom stereocenters. The summed E-state index contributed by atoms with van der Waals surface area (Å²) < 4.78 is 27.5. The fourth-order valence-corrected chi connectivity index (χ4v) is 3.83. The molecule has 2 N–H and O–H groups in total. The van der Waals surface area contributed by atoms with Crippen LogP contribution >= 0.6 is 11.3 Å². The summed E-state index contributed by atoms with van der Waals surface area (Å²) in [4.78, 5) is 13.3. The molecule has 1 amide bonds. The second-order valence-corrected chi connectivity index (χ2v) is 7.45. The van der Waals surface area contributed by atoms with Crippen molar-refractivity contribution in [3.05, 3.63) is 87.6 Å². The van der Waals surface area contributed by atoms with Crippen LogP contribution in [0.4, 0.5) is 14.5 Å². The van der Waals surface area contributed by atoms with Gasteiger partial charge in [0.25, 0.3) is 0 Å². The molecule has 0 spiro atoms. The molecule has 6 heteroatoms. The molecule has 1 atom stereocenters. The number of halogens is 2. The van der Waals surface area contributed by atoms with Crippen LogP contribution in [0.1, 0.15) is 35.4 Å². The number of thiophene rings is 1. The highest BCUT2D eigenvalue weighted by Crippen LogP contribution is 2.26. The van der Waals surface area contributed by atoms with Gasteiger partial charge in [-0.3, -0.25) is 10.1 Å². The first-order valence-corrected chi connectivity index (χ1v) is 10.1. The number of rotatable bonds is 8. The van der Waals surface area contributed by atoms with Gasteiger partial charge >= 0.3 is 0 Å². The summed E-state index contributed by atoms with van der Waals surface area (Å²) in [5.41, 5.74) is 1.88. The maximum Gasteiger partial charge on any atom is 0.238 e. The van der Waals surface area contributed by atoms with Crippen molar-refractivity contribution in [2.45, 2.75) is 25.8 Å². The van der Waals surface area contributed by atoms with Crippen molar-refractivity contribution in [2.24, 2.45) is 0 Å². The van der Waals surface area contributed by atoms with Crippen LogP contribution < -0.4 is 10.6 Å². The van der Waals surface area contributed by atoms with Crippen LogP contribution in [0, 0.1) is 11.6 Å². The third-order valence-corrected chi connectivity index (χ3v) is 5.31. The lowest BCUT2D eigenvalue weighted by Gasteiger charge is -2.18. The van der Waals surface area contributed by atoms with Gasteiger partial charge in [-0.1, -0.05) is 49.7 Å². The Balaban J connectivity index is 1.71. The Hall–Kier alpha value is -2.57. The molecule has 0 fully saturated rings. The summed E-state index contributed by atoms with van der Waals surface area (Å²) in [6.07, 6.45) is 2.10. The number of nitrogens with one attached hydrogen (secondary N) is 2. The molecule has 1 aromatic heterocycles. The largest absolute Gasteiger partial charge is 0.320 e. The van der Waals surface area contributed by atoms with Gasteiger partial charge in [0.2, 0.25) is 5.91 Å². The number of anilines is 1. The second kappa shape index (κ2) is 9.57. The van der Waals surface area contributed by atoms with Gasteiger partial charge in [0.15, 0.2) is 0 Å².